The molecule has 2 aromatic rings. The second-order valence-corrected chi connectivity index (χ2v) is 4.61. The molecule has 1 aromatic carbocycles. The average molecular weight is 259 g/mol. The molecule has 0 saturated heterocycles. The van der Waals surface area contributed by atoms with E-state index in [0.29, 0.717) is 11.6 Å². The third kappa shape index (κ3) is 2.73. The number of hydrogen-bond acceptors (Lipinski definition) is 5. The molecule has 0 fully saturated rings. The zero-order chi connectivity index (χ0) is 14.0. The maximum atomic E-state index is 11.2. The highest BCUT2D eigenvalue weighted by Gasteiger charge is 2.18. The van der Waals surface area contributed by atoms with Gasteiger partial charge in [0, 0.05) is 6.04 Å². The summed E-state index contributed by atoms with van der Waals surface area (Å²) in [5.74, 6) is 0.365. The van der Waals surface area contributed by atoms with Gasteiger partial charge in [-0.05, 0) is 26.0 Å². The summed E-state index contributed by atoms with van der Waals surface area (Å²) in [6.07, 6.45) is 0. The molecule has 6 heteroatoms. The first kappa shape index (κ1) is 13.1. The third-order valence-electron chi connectivity index (χ3n) is 2.80. The van der Waals surface area contributed by atoms with E-state index < -0.39 is 5.91 Å². The Kier molecular flexibility index (Phi) is 3.50. The molecule has 0 saturated carbocycles. The van der Waals surface area contributed by atoms with Crippen molar-refractivity contribution < 1.29 is 4.79 Å². The van der Waals surface area contributed by atoms with Crippen LogP contribution in [0.3, 0.4) is 0 Å². The van der Waals surface area contributed by atoms with Gasteiger partial charge in [-0.15, -0.1) is 0 Å². The Bertz CT molecular complexity index is 611. The number of hydrogen-bond donors (Lipinski definition) is 2. The minimum atomic E-state index is -0.428. The molecule has 0 aliphatic rings. The summed E-state index contributed by atoms with van der Waals surface area (Å²) in [6.45, 7) is 3.95. The fourth-order valence-electron chi connectivity index (χ4n) is 1.89. The van der Waals surface area contributed by atoms with E-state index >= 15 is 0 Å². The van der Waals surface area contributed by atoms with E-state index in [1.165, 1.54) is 0 Å². The summed E-state index contributed by atoms with van der Waals surface area (Å²) >= 11 is 0. The number of fused-ring (bicyclic) bond motifs is 1. The van der Waals surface area contributed by atoms with Crippen molar-refractivity contribution in [3.05, 3.63) is 24.3 Å². The number of carbonyl (C=O) groups is 1. The van der Waals surface area contributed by atoms with E-state index in [1.54, 1.807) is 4.90 Å². The van der Waals surface area contributed by atoms with Crippen molar-refractivity contribution in [2.75, 3.05) is 17.2 Å². The molecule has 100 valence electrons. The van der Waals surface area contributed by atoms with Crippen molar-refractivity contribution in [1.29, 1.82) is 0 Å². The molecule has 0 aliphatic carbocycles. The summed E-state index contributed by atoms with van der Waals surface area (Å²) in [6, 6.07) is 7.50. The number of amides is 1. The van der Waals surface area contributed by atoms with E-state index in [4.69, 9.17) is 11.5 Å². The highest BCUT2D eigenvalue weighted by Crippen LogP contribution is 2.23. The first-order valence-corrected chi connectivity index (χ1v) is 6.06. The third-order valence-corrected chi connectivity index (χ3v) is 2.80. The summed E-state index contributed by atoms with van der Waals surface area (Å²) in [5, 5.41) is 0. The van der Waals surface area contributed by atoms with Crippen molar-refractivity contribution in [2.45, 2.75) is 19.9 Å². The van der Waals surface area contributed by atoms with Crippen molar-refractivity contribution in [2.24, 2.45) is 5.73 Å². The Morgan fingerprint density at radius 1 is 1.26 bits per heavy atom. The molecule has 0 aliphatic heterocycles. The Morgan fingerprint density at radius 2 is 1.84 bits per heavy atom. The van der Waals surface area contributed by atoms with Crippen molar-refractivity contribution >= 4 is 28.6 Å². The lowest BCUT2D eigenvalue weighted by molar-refractivity contribution is -0.116. The number of para-hydroxylation sites is 2. The van der Waals surface area contributed by atoms with Gasteiger partial charge in [0.2, 0.25) is 5.91 Å². The van der Waals surface area contributed by atoms with Gasteiger partial charge in [0.15, 0.2) is 11.6 Å². The van der Waals surface area contributed by atoms with Gasteiger partial charge in [0.1, 0.15) is 0 Å². The number of aromatic nitrogens is 2. The SMILES string of the molecule is CC(C)N(CC(N)=O)c1nc2ccccc2nc1N. The first-order chi connectivity index (χ1) is 8.99. The Morgan fingerprint density at radius 3 is 2.37 bits per heavy atom. The summed E-state index contributed by atoms with van der Waals surface area (Å²) < 4.78 is 0. The molecule has 2 rings (SSSR count). The lowest BCUT2D eigenvalue weighted by Crippen LogP contribution is -2.39. The number of anilines is 2. The highest BCUT2D eigenvalue weighted by molar-refractivity contribution is 5.83. The van der Waals surface area contributed by atoms with E-state index in [0.717, 1.165) is 11.0 Å². The van der Waals surface area contributed by atoms with Crippen LogP contribution in [0.15, 0.2) is 24.3 Å². The molecular weight excluding hydrogens is 242 g/mol. The van der Waals surface area contributed by atoms with Crippen molar-refractivity contribution in [1.82, 2.24) is 9.97 Å². The van der Waals surface area contributed by atoms with Crippen LogP contribution in [-0.4, -0.2) is 28.5 Å². The van der Waals surface area contributed by atoms with Crippen LogP contribution in [0.4, 0.5) is 11.6 Å². The quantitative estimate of drug-likeness (QED) is 0.850. The second kappa shape index (κ2) is 5.09. The smallest absolute Gasteiger partial charge is 0.237 e. The Labute approximate surface area is 111 Å². The number of benzene rings is 1. The fourth-order valence-corrected chi connectivity index (χ4v) is 1.89. The van der Waals surface area contributed by atoms with E-state index in [9.17, 15) is 4.79 Å². The normalized spacial score (nSPS) is 10.9. The van der Waals surface area contributed by atoms with Crippen molar-refractivity contribution in [3.8, 4) is 0 Å². The van der Waals surface area contributed by atoms with Crippen LogP contribution in [0.25, 0.3) is 11.0 Å². The van der Waals surface area contributed by atoms with Gasteiger partial charge in [-0.1, -0.05) is 12.1 Å². The zero-order valence-corrected chi connectivity index (χ0v) is 11.0. The van der Waals surface area contributed by atoms with Crippen LogP contribution in [0, 0.1) is 0 Å². The van der Waals surface area contributed by atoms with E-state index in [1.807, 2.05) is 38.1 Å². The van der Waals surface area contributed by atoms with Gasteiger partial charge in [-0.25, -0.2) is 9.97 Å². The van der Waals surface area contributed by atoms with Gasteiger partial charge >= 0.3 is 0 Å². The van der Waals surface area contributed by atoms with E-state index in [2.05, 4.69) is 9.97 Å². The predicted molar refractivity (Wildman–Crippen MR) is 75.6 cm³/mol. The molecule has 0 spiro atoms. The molecule has 6 nitrogen and oxygen atoms in total. The lowest BCUT2D eigenvalue weighted by atomic mass is 10.2. The molecule has 4 N–H and O–H groups in total. The molecule has 0 bridgehead atoms. The average Bonchev–Trinajstić information content (AvgIpc) is 2.35. The van der Waals surface area contributed by atoms with Crippen LogP contribution < -0.4 is 16.4 Å². The standard InChI is InChI=1S/C13H17N5O/c1-8(2)18(7-11(14)19)13-12(15)16-9-5-3-4-6-10(9)17-13/h3-6,8H,7H2,1-2H3,(H2,14,19)(H2,15,16). The molecule has 0 radical (unpaired) electrons. The minimum Gasteiger partial charge on any atom is -0.381 e. The lowest BCUT2D eigenvalue weighted by Gasteiger charge is -2.27. The first-order valence-electron chi connectivity index (χ1n) is 6.06. The molecule has 1 amide bonds. The summed E-state index contributed by atoms with van der Waals surface area (Å²) in [7, 11) is 0. The molecule has 1 heterocycles. The number of nitrogen functional groups attached to an aromatic ring is 1. The summed E-state index contributed by atoms with van der Waals surface area (Å²) in [5.41, 5.74) is 12.7. The van der Waals surface area contributed by atoms with Gasteiger partial charge in [0.25, 0.3) is 0 Å². The molecule has 0 unspecified atom stereocenters. The fraction of sp³-hybridized carbons (Fsp3) is 0.308. The number of nitrogens with two attached hydrogens (primary N) is 2. The predicted octanol–water partition coefficient (Wildman–Crippen LogP) is 0.912. The number of carbonyl (C=O) groups excluding carboxylic acids is 1. The minimum absolute atomic E-state index is 0.0465. The van der Waals surface area contributed by atoms with Crippen LogP contribution in [-0.2, 0) is 4.79 Å². The summed E-state index contributed by atoms with van der Waals surface area (Å²) in [4.78, 5) is 21.7. The van der Waals surface area contributed by atoms with Crippen LogP contribution in [0.5, 0.6) is 0 Å². The van der Waals surface area contributed by atoms with Gasteiger partial charge < -0.3 is 16.4 Å². The number of rotatable bonds is 4. The maximum absolute atomic E-state index is 11.2. The maximum Gasteiger partial charge on any atom is 0.237 e. The van der Waals surface area contributed by atoms with Crippen LogP contribution in [0.1, 0.15) is 13.8 Å². The number of nitrogens with zero attached hydrogens (tertiary/aromatic N) is 3. The van der Waals surface area contributed by atoms with Gasteiger partial charge in [-0.3, -0.25) is 4.79 Å². The zero-order valence-electron chi connectivity index (χ0n) is 11.0. The van der Waals surface area contributed by atoms with Crippen molar-refractivity contribution in [3.63, 3.8) is 0 Å². The largest absolute Gasteiger partial charge is 0.381 e. The molecule has 19 heavy (non-hydrogen) atoms. The second-order valence-electron chi connectivity index (χ2n) is 4.61. The topological polar surface area (TPSA) is 98.1 Å². The molecule has 1 aromatic heterocycles. The van der Waals surface area contributed by atoms with Crippen LogP contribution in [0.2, 0.25) is 0 Å². The highest BCUT2D eigenvalue weighted by atomic mass is 16.1. The Balaban J connectivity index is 2.52. The molecular formula is C13H17N5O. The van der Waals surface area contributed by atoms with Gasteiger partial charge in [-0.2, -0.15) is 0 Å². The van der Waals surface area contributed by atoms with Gasteiger partial charge in [0.05, 0.1) is 17.6 Å². The molecule has 0 atom stereocenters. The number of primary amides is 1. The van der Waals surface area contributed by atoms with Crippen LogP contribution >= 0.6 is 0 Å². The monoisotopic (exact) mass is 259 g/mol. The Hall–Kier alpha value is -2.37. The van der Waals surface area contributed by atoms with E-state index in [-0.39, 0.29) is 12.6 Å².